The number of ketones is 1. The molecule has 0 fully saturated rings. The van der Waals surface area contributed by atoms with E-state index in [0.717, 1.165) is 16.8 Å². The first-order valence-corrected chi connectivity index (χ1v) is 10.9. The number of rotatable bonds is 8. The van der Waals surface area contributed by atoms with Crippen LogP contribution in [-0.2, 0) is 6.18 Å². The largest absolute Gasteiger partial charge is 0.417 e. The number of alkyl halides is 3. The Bertz CT molecular complexity index is 1140. The number of nitrogens with two attached hydrogens (primary N) is 1. The van der Waals surface area contributed by atoms with Crippen molar-refractivity contribution in [2.24, 2.45) is 10.7 Å². The number of carbonyl (C=O) groups is 2. The van der Waals surface area contributed by atoms with Gasteiger partial charge in [-0.2, -0.15) is 13.2 Å². The highest BCUT2D eigenvalue weighted by Crippen LogP contribution is 2.32. The first-order valence-electron chi connectivity index (χ1n) is 10.0. The molecule has 3 rings (SSSR count). The molecule has 2 aromatic carbocycles. The van der Waals surface area contributed by atoms with E-state index in [1.165, 1.54) is 30.5 Å². The number of para-hydroxylation sites is 1. The molecule has 0 aliphatic rings. The van der Waals surface area contributed by atoms with E-state index < -0.39 is 35.0 Å². The van der Waals surface area contributed by atoms with Crippen LogP contribution >= 0.6 is 11.3 Å². The van der Waals surface area contributed by atoms with E-state index in [0.29, 0.717) is 18.5 Å². The van der Waals surface area contributed by atoms with Crippen LogP contribution in [0.1, 0.15) is 38.6 Å². The van der Waals surface area contributed by atoms with Gasteiger partial charge < -0.3 is 16.4 Å². The number of carbonyl (C=O) groups excluding carboxylic acids is 2. The van der Waals surface area contributed by atoms with E-state index in [1.54, 1.807) is 12.1 Å². The quantitative estimate of drug-likeness (QED) is 0.199. The van der Waals surface area contributed by atoms with Gasteiger partial charge in [-0.05, 0) is 37.1 Å². The molecule has 1 atom stereocenters. The maximum Gasteiger partial charge on any atom is 0.417 e. The Kier molecular flexibility index (Phi) is 7.64. The fourth-order valence-electron chi connectivity index (χ4n) is 3.16. The fraction of sp³-hybridized carbons (Fsp3) is 0.273. The van der Waals surface area contributed by atoms with Gasteiger partial charge in [-0.3, -0.25) is 14.6 Å². The highest BCUT2D eigenvalue weighted by molar-refractivity contribution is 7.20. The number of guanidine groups is 1. The van der Waals surface area contributed by atoms with Crippen molar-refractivity contribution in [2.45, 2.75) is 25.1 Å². The zero-order valence-corrected chi connectivity index (χ0v) is 18.5. The summed E-state index contributed by atoms with van der Waals surface area (Å²) in [5, 5.41) is 5.50. The van der Waals surface area contributed by atoms with Crippen molar-refractivity contribution >= 4 is 39.2 Å². The van der Waals surface area contributed by atoms with E-state index in [9.17, 15) is 22.8 Å². The van der Waals surface area contributed by atoms with Crippen LogP contribution in [0.4, 0.5) is 13.2 Å². The molecule has 0 saturated heterocycles. The Morgan fingerprint density at radius 2 is 1.85 bits per heavy atom. The number of nitrogens with zero attached hydrogens (tertiary/aromatic N) is 2. The molecule has 4 N–H and O–H groups in total. The number of hydrogen-bond donors (Lipinski definition) is 3. The fourth-order valence-corrected chi connectivity index (χ4v) is 4.12. The Morgan fingerprint density at radius 1 is 1.15 bits per heavy atom. The number of hydrogen-bond acceptors (Lipinski definition) is 5. The Hall–Kier alpha value is -3.47. The number of amides is 1. The lowest BCUT2D eigenvalue weighted by Crippen LogP contribution is -2.42. The summed E-state index contributed by atoms with van der Waals surface area (Å²) < 4.78 is 40.9. The third-order valence-corrected chi connectivity index (χ3v) is 5.87. The van der Waals surface area contributed by atoms with Crippen LogP contribution < -0.4 is 16.4 Å². The molecule has 7 nitrogen and oxygen atoms in total. The van der Waals surface area contributed by atoms with Crippen molar-refractivity contribution in [2.75, 3.05) is 13.6 Å². The molecule has 11 heteroatoms. The van der Waals surface area contributed by atoms with Crippen molar-refractivity contribution in [1.29, 1.82) is 0 Å². The lowest BCUT2D eigenvalue weighted by molar-refractivity contribution is -0.137. The van der Waals surface area contributed by atoms with Crippen molar-refractivity contribution < 1.29 is 22.8 Å². The topological polar surface area (TPSA) is 109 Å². The predicted octanol–water partition coefficient (Wildman–Crippen LogP) is 3.61. The second-order valence-electron chi connectivity index (χ2n) is 7.10. The Labute approximate surface area is 191 Å². The summed E-state index contributed by atoms with van der Waals surface area (Å²) in [6.45, 7) is 0.363. The number of Topliss-reactive ketones (excluding diaryl/α,β-unsaturated/α-hetero) is 1. The van der Waals surface area contributed by atoms with Gasteiger partial charge in [0.05, 0.1) is 27.4 Å². The molecular formula is C22H22F3N5O2S. The van der Waals surface area contributed by atoms with Gasteiger partial charge in [0.25, 0.3) is 5.91 Å². The van der Waals surface area contributed by atoms with Crippen LogP contribution in [0.5, 0.6) is 0 Å². The minimum absolute atomic E-state index is 0.165. The summed E-state index contributed by atoms with van der Waals surface area (Å²) in [5.41, 5.74) is 4.60. The third kappa shape index (κ3) is 6.07. The summed E-state index contributed by atoms with van der Waals surface area (Å²) in [4.78, 5) is 34.1. The zero-order valence-electron chi connectivity index (χ0n) is 17.6. The number of aromatic nitrogens is 1. The van der Waals surface area contributed by atoms with Crippen LogP contribution in [-0.4, -0.2) is 42.3 Å². The Morgan fingerprint density at radius 3 is 2.55 bits per heavy atom. The second kappa shape index (κ2) is 10.4. The minimum Gasteiger partial charge on any atom is -0.370 e. The molecule has 0 bridgehead atoms. The highest BCUT2D eigenvalue weighted by Gasteiger charge is 2.35. The van der Waals surface area contributed by atoms with Crippen LogP contribution in [0.2, 0.25) is 0 Å². The molecule has 3 aromatic rings. The van der Waals surface area contributed by atoms with Gasteiger partial charge in [0.15, 0.2) is 11.0 Å². The van der Waals surface area contributed by atoms with Gasteiger partial charge in [-0.15, -0.1) is 11.3 Å². The molecular weight excluding hydrogens is 455 g/mol. The third-order valence-electron chi connectivity index (χ3n) is 4.82. The molecule has 0 aliphatic carbocycles. The summed E-state index contributed by atoms with van der Waals surface area (Å²) >= 11 is 1.17. The van der Waals surface area contributed by atoms with E-state index in [4.69, 9.17) is 5.73 Å². The van der Waals surface area contributed by atoms with Gasteiger partial charge in [-0.1, -0.05) is 24.3 Å². The molecule has 174 valence electrons. The summed E-state index contributed by atoms with van der Waals surface area (Å²) in [6.07, 6.45) is -4.14. The predicted molar refractivity (Wildman–Crippen MR) is 121 cm³/mol. The van der Waals surface area contributed by atoms with Gasteiger partial charge in [-0.25, -0.2) is 4.98 Å². The van der Waals surface area contributed by atoms with Crippen LogP contribution in [0, 0.1) is 0 Å². The summed E-state index contributed by atoms with van der Waals surface area (Å²) in [7, 11) is 1.51. The number of benzene rings is 2. The minimum atomic E-state index is -4.71. The first-order chi connectivity index (χ1) is 15.7. The van der Waals surface area contributed by atoms with Crippen LogP contribution in [0.15, 0.2) is 53.5 Å². The molecule has 1 amide bonds. The van der Waals surface area contributed by atoms with Crippen molar-refractivity contribution in [3.05, 3.63) is 64.7 Å². The van der Waals surface area contributed by atoms with Crippen molar-refractivity contribution in [1.82, 2.24) is 15.6 Å². The van der Waals surface area contributed by atoms with E-state index in [2.05, 4.69) is 20.6 Å². The number of fused-ring (bicyclic) bond motifs is 1. The molecule has 33 heavy (non-hydrogen) atoms. The molecule has 0 saturated carbocycles. The SMILES string of the molecule is CN=C(N)NCCC[C@H](NC(=O)c1ccccc1C(F)(F)F)C(=O)c1nc2ccccc2s1. The standard InChI is InChI=1S/C22H22F3N5O2S/c1-27-21(26)28-12-6-10-16(18(31)20-30-15-9-4-5-11-17(15)33-20)29-19(32)13-7-2-3-8-14(13)22(23,24)25/h2-5,7-9,11,16H,6,10,12H2,1H3,(H,29,32)(H3,26,27,28)/t16-/m0/s1. The summed E-state index contributed by atoms with van der Waals surface area (Å²) in [5.74, 6) is -1.23. The molecule has 0 spiro atoms. The normalized spacial score (nSPS) is 13.0. The second-order valence-corrected chi connectivity index (χ2v) is 8.13. The molecule has 0 radical (unpaired) electrons. The lowest BCUT2D eigenvalue weighted by Gasteiger charge is -2.19. The highest BCUT2D eigenvalue weighted by atomic mass is 32.1. The Balaban J connectivity index is 1.84. The van der Waals surface area contributed by atoms with Gasteiger partial charge in [0.2, 0.25) is 5.78 Å². The van der Waals surface area contributed by atoms with Crippen molar-refractivity contribution in [3.8, 4) is 0 Å². The molecule has 1 aromatic heterocycles. The number of halogens is 3. The van der Waals surface area contributed by atoms with Gasteiger partial charge in [0, 0.05) is 13.6 Å². The van der Waals surface area contributed by atoms with E-state index in [-0.39, 0.29) is 17.4 Å². The van der Waals surface area contributed by atoms with Gasteiger partial charge >= 0.3 is 6.18 Å². The van der Waals surface area contributed by atoms with Crippen molar-refractivity contribution in [3.63, 3.8) is 0 Å². The number of aliphatic imine (C=N–C) groups is 1. The number of nitrogens with one attached hydrogen (secondary N) is 2. The first kappa shape index (κ1) is 24.2. The molecule has 1 heterocycles. The van der Waals surface area contributed by atoms with Gasteiger partial charge in [0.1, 0.15) is 0 Å². The maximum atomic E-state index is 13.4. The van der Waals surface area contributed by atoms with E-state index in [1.807, 2.05) is 12.1 Å². The van der Waals surface area contributed by atoms with Crippen LogP contribution in [0.3, 0.4) is 0 Å². The average Bonchev–Trinajstić information content (AvgIpc) is 3.24. The van der Waals surface area contributed by atoms with E-state index >= 15 is 0 Å². The lowest BCUT2D eigenvalue weighted by atomic mass is 10.0. The smallest absolute Gasteiger partial charge is 0.370 e. The van der Waals surface area contributed by atoms with Crippen LogP contribution in [0.25, 0.3) is 10.2 Å². The number of thiazole rings is 1. The average molecular weight is 478 g/mol. The maximum absolute atomic E-state index is 13.4. The zero-order chi connectivity index (χ0) is 24.0. The molecule has 0 aliphatic heterocycles. The monoisotopic (exact) mass is 477 g/mol. The summed E-state index contributed by atoms with van der Waals surface area (Å²) in [6, 6.07) is 10.6. The molecule has 0 unspecified atom stereocenters.